The molecule has 0 aromatic heterocycles. The molecule has 1 aliphatic heterocycles. The maximum atomic E-state index is 14.7. The van der Waals surface area contributed by atoms with Gasteiger partial charge in [0.1, 0.15) is 5.82 Å². The second-order valence-corrected chi connectivity index (χ2v) is 8.39. The summed E-state index contributed by atoms with van der Waals surface area (Å²) in [5.74, 6) is -3.99. The third kappa shape index (κ3) is 4.30. The van der Waals surface area contributed by atoms with Crippen LogP contribution in [0.1, 0.15) is 49.4 Å². The molecule has 1 aliphatic carbocycles. The van der Waals surface area contributed by atoms with Gasteiger partial charge in [0.2, 0.25) is 0 Å². The molecule has 1 amide bonds. The molecule has 4 rings (SSSR count). The third-order valence-electron chi connectivity index (χ3n) is 6.20. The van der Waals surface area contributed by atoms with Gasteiger partial charge in [-0.05, 0) is 69.1 Å². The average Bonchev–Trinajstić information content (AvgIpc) is 3.54. The number of benzene rings is 2. The number of nitrogens with one attached hydrogen (secondary N) is 1. The molecule has 2 aliphatic rings. The van der Waals surface area contributed by atoms with Crippen LogP contribution in [0.2, 0.25) is 0 Å². The zero-order valence-electron chi connectivity index (χ0n) is 16.7. The van der Waals surface area contributed by atoms with Crippen LogP contribution < -0.4 is 10.2 Å². The number of hydrogen-bond donors (Lipinski definition) is 1. The molecule has 1 heterocycles. The minimum Gasteiger partial charge on any atom is -0.366 e. The number of hydrogen-bond acceptors (Lipinski definition) is 2. The lowest BCUT2D eigenvalue weighted by molar-refractivity contribution is 0.102. The fourth-order valence-electron chi connectivity index (χ4n) is 4.49. The van der Waals surface area contributed by atoms with E-state index in [1.807, 2.05) is 4.90 Å². The van der Waals surface area contributed by atoms with Crippen LogP contribution in [0.15, 0.2) is 30.3 Å². The monoisotopic (exact) mass is 420 g/mol. The van der Waals surface area contributed by atoms with Gasteiger partial charge in [0, 0.05) is 36.0 Å². The summed E-state index contributed by atoms with van der Waals surface area (Å²) in [5.41, 5.74) is 0.299. The maximum Gasteiger partial charge on any atom is 0.255 e. The van der Waals surface area contributed by atoms with E-state index < -0.39 is 29.2 Å². The molecule has 0 radical (unpaired) electrons. The first-order valence-electron chi connectivity index (χ1n) is 10.4. The lowest BCUT2D eigenvalue weighted by Gasteiger charge is -2.31. The van der Waals surface area contributed by atoms with Crippen molar-refractivity contribution in [2.24, 2.45) is 11.8 Å². The minimum absolute atomic E-state index is 0.145. The Balaban J connectivity index is 1.54. The van der Waals surface area contributed by atoms with Crippen molar-refractivity contribution in [3.63, 3.8) is 0 Å². The van der Waals surface area contributed by atoms with E-state index in [-0.39, 0.29) is 17.3 Å². The van der Waals surface area contributed by atoms with E-state index in [1.54, 1.807) is 0 Å². The zero-order chi connectivity index (χ0) is 21.4. The highest BCUT2D eigenvalue weighted by atomic mass is 19.2. The van der Waals surface area contributed by atoms with Crippen molar-refractivity contribution in [3.05, 3.63) is 59.2 Å². The number of nitrogens with zero attached hydrogens (tertiary/aromatic N) is 1. The standard InChI is InChI=1S/C23H24F4N2O/c1-13-9-15(14-4-5-14)3-2-8-29(13)21-10-16(6-7-18(21)24)23(30)28-17-11-19(25)22(27)20(26)12-17/h6-7,10-15H,2-5,8-9H2,1H3,(H,28,30). The minimum atomic E-state index is -1.60. The van der Waals surface area contributed by atoms with E-state index >= 15 is 0 Å². The molecule has 0 spiro atoms. The average molecular weight is 420 g/mol. The van der Waals surface area contributed by atoms with Crippen molar-refractivity contribution in [3.8, 4) is 0 Å². The van der Waals surface area contributed by atoms with Crippen LogP contribution in [-0.4, -0.2) is 18.5 Å². The highest BCUT2D eigenvalue weighted by Gasteiger charge is 2.35. The van der Waals surface area contributed by atoms with E-state index in [4.69, 9.17) is 0 Å². The van der Waals surface area contributed by atoms with Crippen molar-refractivity contribution in [2.75, 3.05) is 16.8 Å². The number of halogens is 4. The van der Waals surface area contributed by atoms with E-state index in [2.05, 4.69) is 12.2 Å². The molecule has 2 atom stereocenters. The molecule has 2 aromatic carbocycles. The van der Waals surface area contributed by atoms with E-state index in [0.29, 0.717) is 30.3 Å². The second kappa shape index (κ2) is 8.28. The SMILES string of the molecule is CC1CC(C2CC2)CCCN1c1cc(C(=O)Nc2cc(F)c(F)c(F)c2)ccc1F. The van der Waals surface area contributed by atoms with Crippen LogP contribution in [0.25, 0.3) is 0 Å². The zero-order valence-corrected chi connectivity index (χ0v) is 16.7. The molecular formula is C23H24F4N2O. The summed E-state index contributed by atoms with van der Waals surface area (Å²) in [5, 5.41) is 2.34. The summed E-state index contributed by atoms with van der Waals surface area (Å²) in [6, 6.07) is 5.57. The largest absolute Gasteiger partial charge is 0.366 e. The molecule has 3 nitrogen and oxygen atoms in total. The molecule has 30 heavy (non-hydrogen) atoms. The second-order valence-electron chi connectivity index (χ2n) is 8.39. The molecule has 2 unspecified atom stereocenters. The Morgan fingerprint density at radius 3 is 2.33 bits per heavy atom. The summed E-state index contributed by atoms with van der Waals surface area (Å²) >= 11 is 0. The lowest BCUT2D eigenvalue weighted by atomic mass is 9.92. The lowest BCUT2D eigenvalue weighted by Crippen LogP contribution is -2.34. The maximum absolute atomic E-state index is 14.7. The predicted molar refractivity (Wildman–Crippen MR) is 108 cm³/mol. The van der Waals surface area contributed by atoms with E-state index in [0.717, 1.165) is 25.2 Å². The molecule has 1 N–H and O–H groups in total. The van der Waals surface area contributed by atoms with Gasteiger partial charge in [0.25, 0.3) is 5.91 Å². The molecule has 2 aromatic rings. The normalized spacial score (nSPS) is 22.0. The Kier molecular flexibility index (Phi) is 5.71. The number of carbonyl (C=O) groups excluding carboxylic acids is 1. The van der Waals surface area contributed by atoms with Gasteiger partial charge >= 0.3 is 0 Å². The van der Waals surface area contributed by atoms with Gasteiger partial charge in [-0.1, -0.05) is 0 Å². The van der Waals surface area contributed by atoms with Crippen molar-refractivity contribution in [1.82, 2.24) is 0 Å². The van der Waals surface area contributed by atoms with Crippen molar-refractivity contribution in [2.45, 2.75) is 45.1 Å². The quantitative estimate of drug-likeness (QED) is 0.493. The van der Waals surface area contributed by atoms with Gasteiger partial charge in [0.15, 0.2) is 17.5 Å². The first-order chi connectivity index (χ1) is 14.3. The summed E-state index contributed by atoms with van der Waals surface area (Å²) in [6.07, 6.45) is 5.66. The van der Waals surface area contributed by atoms with Crippen LogP contribution in [0, 0.1) is 35.1 Å². The molecule has 160 valence electrons. The molecule has 1 saturated carbocycles. The number of anilines is 2. The highest BCUT2D eigenvalue weighted by molar-refractivity contribution is 6.04. The Labute approximate surface area is 173 Å². The van der Waals surface area contributed by atoms with Gasteiger partial charge < -0.3 is 10.2 Å². The van der Waals surface area contributed by atoms with Crippen molar-refractivity contribution in [1.29, 1.82) is 0 Å². The third-order valence-corrected chi connectivity index (χ3v) is 6.20. The van der Waals surface area contributed by atoms with E-state index in [9.17, 15) is 22.4 Å². The molecule has 2 fully saturated rings. The summed E-state index contributed by atoms with van der Waals surface area (Å²) in [4.78, 5) is 14.6. The fraction of sp³-hybridized carbons (Fsp3) is 0.435. The molecule has 1 saturated heterocycles. The summed E-state index contributed by atoms with van der Waals surface area (Å²) in [6.45, 7) is 2.79. The topological polar surface area (TPSA) is 32.3 Å². The van der Waals surface area contributed by atoms with Gasteiger partial charge in [0.05, 0.1) is 5.69 Å². The highest BCUT2D eigenvalue weighted by Crippen LogP contribution is 2.43. The number of amides is 1. The Bertz CT molecular complexity index is 937. The predicted octanol–water partition coefficient (Wildman–Crippen LogP) is 5.90. The smallest absolute Gasteiger partial charge is 0.255 e. The summed E-state index contributed by atoms with van der Waals surface area (Å²) < 4.78 is 54.6. The molecule has 0 bridgehead atoms. The van der Waals surface area contributed by atoms with Gasteiger partial charge in [-0.2, -0.15) is 0 Å². The van der Waals surface area contributed by atoms with Crippen LogP contribution in [0.3, 0.4) is 0 Å². The van der Waals surface area contributed by atoms with Crippen LogP contribution in [-0.2, 0) is 0 Å². The Hall–Kier alpha value is -2.57. The van der Waals surface area contributed by atoms with Gasteiger partial charge in [-0.15, -0.1) is 0 Å². The fourth-order valence-corrected chi connectivity index (χ4v) is 4.49. The van der Waals surface area contributed by atoms with Gasteiger partial charge in [-0.25, -0.2) is 17.6 Å². The number of rotatable bonds is 4. The summed E-state index contributed by atoms with van der Waals surface area (Å²) in [7, 11) is 0. The first kappa shape index (κ1) is 20.7. The Morgan fingerprint density at radius 2 is 1.67 bits per heavy atom. The van der Waals surface area contributed by atoms with Crippen molar-refractivity contribution >= 4 is 17.3 Å². The molecular weight excluding hydrogens is 396 g/mol. The Morgan fingerprint density at radius 1 is 0.967 bits per heavy atom. The van der Waals surface area contributed by atoms with Gasteiger partial charge in [-0.3, -0.25) is 4.79 Å². The van der Waals surface area contributed by atoms with Crippen LogP contribution in [0.5, 0.6) is 0 Å². The molecule has 7 heteroatoms. The van der Waals surface area contributed by atoms with Crippen LogP contribution in [0.4, 0.5) is 28.9 Å². The number of carbonyl (C=O) groups is 1. The van der Waals surface area contributed by atoms with Crippen molar-refractivity contribution < 1.29 is 22.4 Å². The first-order valence-corrected chi connectivity index (χ1v) is 10.4. The van der Waals surface area contributed by atoms with Crippen LogP contribution >= 0.6 is 0 Å². The van der Waals surface area contributed by atoms with E-state index in [1.165, 1.54) is 31.0 Å².